The van der Waals surface area contributed by atoms with Crippen LogP contribution in [-0.2, 0) is 20.8 Å². The summed E-state index contributed by atoms with van der Waals surface area (Å²) >= 11 is 0. The normalized spacial score (nSPS) is 16.3. The maximum absolute atomic E-state index is 13.3. The lowest BCUT2D eigenvalue weighted by Gasteiger charge is -2.31. The van der Waals surface area contributed by atoms with Crippen LogP contribution in [0.15, 0.2) is 42.5 Å². The molecule has 3 rings (SSSR count). The van der Waals surface area contributed by atoms with Gasteiger partial charge >= 0.3 is 0 Å². The van der Waals surface area contributed by atoms with E-state index >= 15 is 0 Å². The van der Waals surface area contributed by atoms with Crippen LogP contribution in [0, 0.1) is 5.41 Å². The first-order valence-corrected chi connectivity index (χ1v) is 12.4. The maximum atomic E-state index is 13.3. The number of carbonyl (C=O) groups excluding carboxylic acids is 3. The Morgan fingerprint density at radius 2 is 1.78 bits per heavy atom. The van der Waals surface area contributed by atoms with Crippen LogP contribution in [0.2, 0.25) is 0 Å². The third kappa shape index (κ3) is 7.91. The zero-order valence-electron chi connectivity index (χ0n) is 21.4. The van der Waals surface area contributed by atoms with Gasteiger partial charge in [0.25, 0.3) is 0 Å². The molecule has 0 radical (unpaired) electrons. The van der Waals surface area contributed by atoms with Crippen molar-refractivity contribution in [2.24, 2.45) is 5.41 Å². The van der Waals surface area contributed by atoms with Crippen molar-refractivity contribution in [3.63, 3.8) is 0 Å². The van der Waals surface area contributed by atoms with E-state index in [1.54, 1.807) is 4.90 Å². The van der Waals surface area contributed by atoms with E-state index in [4.69, 9.17) is 5.11 Å². The average Bonchev–Trinajstić information content (AvgIpc) is 3.32. The SMILES string of the molecule is CC(C)(C)C(=O)N1CCCC1C(=O)N[C@H](Cc1ccc2ccccc2c1)C(=O)NCCNCCO.Cl. The molecule has 1 saturated heterocycles. The molecule has 0 saturated carbocycles. The number of likely N-dealkylation sites (tertiary alicyclic amines) is 1. The fourth-order valence-corrected chi connectivity index (χ4v) is 4.39. The first-order chi connectivity index (χ1) is 16.7. The van der Waals surface area contributed by atoms with Crippen LogP contribution in [0.5, 0.6) is 0 Å². The predicted molar refractivity (Wildman–Crippen MR) is 144 cm³/mol. The van der Waals surface area contributed by atoms with Crippen LogP contribution in [-0.4, -0.2) is 72.6 Å². The van der Waals surface area contributed by atoms with E-state index in [0.29, 0.717) is 39.0 Å². The second-order valence-electron chi connectivity index (χ2n) is 10.1. The lowest BCUT2D eigenvalue weighted by molar-refractivity contribution is -0.145. The number of hydrogen-bond donors (Lipinski definition) is 4. The van der Waals surface area contributed by atoms with Gasteiger partial charge in [0.1, 0.15) is 12.1 Å². The predicted octanol–water partition coefficient (Wildman–Crippen LogP) is 2.02. The van der Waals surface area contributed by atoms with Gasteiger partial charge in [-0.25, -0.2) is 0 Å². The molecule has 4 N–H and O–H groups in total. The number of amides is 3. The number of benzene rings is 2. The van der Waals surface area contributed by atoms with E-state index in [0.717, 1.165) is 22.8 Å². The molecule has 0 spiro atoms. The van der Waals surface area contributed by atoms with Crippen molar-refractivity contribution in [1.82, 2.24) is 20.9 Å². The van der Waals surface area contributed by atoms with E-state index in [9.17, 15) is 14.4 Å². The average molecular weight is 519 g/mol. The van der Waals surface area contributed by atoms with Gasteiger partial charge in [-0.2, -0.15) is 0 Å². The van der Waals surface area contributed by atoms with E-state index in [-0.39, 0.29) is 36.7 Å². The van der Waals surface area contributed by atoms with Crippen LogP contribution in [0.3, 0.4) is 0 Å². The Hall–Kier alpha value is -2.68. The largest absolute Gasteiger partial charge is 0.395 e. The van der Waals surface area contributed by atoms with E-state index in [1.165, 1.54) is 0 Å². The van der Waals surface area contributed by atoms with E-state index < -0.39 is 17.5 Å². The summed E-state index contributed by atoms with van der Waals surface area (Å²) in [5, 5.41) is 19.9. The number of fused-ring (bicyclic) bond motifs is 1. The van der Waals surface area contributed by atoms with Gasteiger partial charge < -0.3 is 26.0 Å². The second kappa shape index (κ2) is 13.6. The molecule has 0 aromatic heterocycles. The minimum atomic E-state index is -0.770. The lowest BCUT2D eigenvalue weighted by atomic mass is 9.94. The smallest absolute Gasteiger partial charge is 0.243 e. The number of nitrogens with zero attached hydrogens (tertiary/aromatic N) is 1. The third-order valence-electron chi connectivity index (χ3n) is 6.23. The highest BCUT2D eigenvalue weighted by atomic mass is 35.5. The fraction of sp³-hybridized carbons (Fsp3) is 0.519. The number of hydrogen-bond acceptors (Lipinski definition) is 5. The lowest BCUT2D eigenvalue weighted by Crippen LogP contribution is -2.55. The van der Waals surface area contributed by atoms with Crippen LogP contribution in [0.25, 0.3) is 10.8 Å². The number of aliphatic hydroxyl groups is 1. The molecule has 3 amide bonds. The molecule has 1 unspecified atom stereocenters. The van der Waals surface area contributed by atoms with Crippen LogP contribution in [0.1, 0.15) is 39.2 Å². The minimum Gasteiger partial charge on any atom is -0.395 e. The van der Waals surface area contributed by atoms with Gasteiger partial charge in [-0.1, -0.05) is 63.2 Å². The molecule has 1 fully saturated rings. The van der Waals surface area contributed by atoms with Crippen LogP contribution in [0.4, 0.5) is 0 Å². The standard InChI is InChI=1S/C27H38N4O4.ClH/c1-27(2,3)26(35)31-15-6-9-23(31)25(34)30-22(24(33)29-13-12-28-14-16-32)18-19-10-11-20-7-4-5-8-21(20)17-19;/h4-5,7-8,10-11,17,22-23,28,32H,6,9,12-16,18H2,1-3H3,(H,29,33)(H,30,34);1H/t22-,23?;/m1./s1. The Bertz CT molecular complexity index is 1040. The van der Waals surface area contributed by atoms with Crippen LogP contribution >= 0.6 is 12.4 Å². The van der Waals surface area contributed by atoms with Crippen LogP contribution < -0.4 is 16.0 Å². The summed E-state index contributed by atoms with van der Waals surface area (Å²) in [5.41, 5.74) is 0.364. The van der Waals surface area contributed by atoms with Gasteiger partial charge in [-0.15, -0.1) is 12.4 Å². The topological polar surface area (TPSA) is 111 Å². The molecule has 2 atom stereocenters. The van der Waals surface area contributed by atoms with Gasteiger partial charge in [-0.3, -0.25) is 14.4 Å². The first-order valence-electron chi connectivity index (χ1n) is 12.4. The molecule has 1 heterocycles. The Balaban J connectivity index is 0.00000456. The Morgan fingerprint density at radius 3 is 2.47 bits per heavy atom. The summed E-state index contributed by atoms with van der Waals surface area (Å²) in [6.45, 7) is 7.47. The molecule has 198 valence electrons. The van der Waals surface area contributed by atoms with Crippen molar-refractivity contribution in [3.05, 3.63) is 48.0 Å². The van der Waals surface area contributed by atoms with E-state index in [1.807, 2.05) is 63.2 Å². The first kappa shape index (κ1) is 29.5. The molecular weight excluding hydrogens is 480 g/mol. The number of rotatable bonds is 10. The number of carbonyl (C=O) groups is 3. The minimum absolute atomic E-state index is 0. The highest BCUT2D eigenvalue weighted by Crippen LogP contribution is 2.26. The van der Waals surface area contributed by atoms with Crippen molar-refractivity contribution >= 4 is 40.9 Å². The van der Waals surface area contributed by atoms with Gasteiger partial charge in [0.2, 0.25) is 17.7 Å². The van der Waals surface area contributed by atoms with Crippen molar-refractivity contribution in [2.45, 2.75) is 52.1 Å². The number of aliphatic hydroxyl groups excluding tert-OH is 1. The summed E-state index contributed by atoms with van der Waals surface area (Å²) in [5.74, 6) is -0.621. The third-order valence-corrected chi connectivity index (χ3v) is 6.23. The van der Waals surface area contributed by atoms with Crippen molar-refractivity contribution in [3.8, 4) is 0 Å². The summed E-state index contributed by atoms with van der Waals surface area (Å²) in [6.07, 6.45) is 1.69. The monoisotopic (exact) mass is 518 g/mol. The van der Waals surface area contributed by atoms with Gasteiger partial charge in [-0.05, 0) is 29.2 Å². The molecule has 0 bridgehead atoms. The molecule has 2 aromatic carbocycles. The Morgan fingerprint density at radius 1 is 1.06 bits per heavy atom. The van der Waals surface area contributed by atoms with Crippen molar-refractivity contribution in [2.75, 3.05) is 32.8 Å². The summed E-state index contributed by atoms with van der Waals surface area (Å²) in [6, 6.07) is 12.7. The molecule has 1 aliphatic rings. The summed E-state index contributed by atoms with van der Waals surface area (Å²) < 4.78 is 0. The molecule has 0 aliphatic carbocycles. The molecule has 36 heavy (non-hydrogen) atoms. The number of nitrogens with one attached hydrogen (secondary N) is 3. The summed E-state index contributed by atoms with van der Waals surface area (Å²) in [7, 11) is 0. The van der Waals surface area contributed by atoms with Gasteiger partial charge in [0.05, 0.1) is 6.61 Å². The fourth-order valence-electron chi connectivity index (χ4n) is 4.39. The van der Waals surface area contributed by atoms with Crippen molar-refractivity contribution in [1.29, 1.82) is 0 Å². The Kier molecular flexibility index (Phi) is 11.1. The maximum Gasteiger partial charge on any atom is 0.243 e. The van der Waals surface area contributed by atoms with Gasteiger partial charge in [0, 0.05) is 38.0 Å². The Labute approximate surface area is 219 Å². The molecule has 2 aromatic rings. The molecule has 9 heteroatoms. The highest BCUT2D eigenvalue weighted by Gasteiger charge is 2.39. The van der Waals surface area contributed by atoms with E-state index in [2.05, 4.69) is 16.0 Å². The number of halogens is 1. The second-order valence-corrected chi connectivity index (χ2v) is 10.1. The van der Waals surface area contributed by atoms with Crippen molar-refractivity contribution < 1.29 is 19.5 Å². The highest BCUT2D eigenvalue weighted by molar-refractivity contribution is 5.93. The molecular formula is C27H39ClN4O4. The zero-order chi connectivity index (χ0) is 25.4. The van der Waals surface area contributed by atoms with Gasteiger partial charge in [0.15, 0.2) is 0 Å². The molecule has 8 nitrogen and oxygen atoms in total. The molecule has 1 aliphatic heterocycles. The quantitative estimate of drug-likeness (QED) is 0.360. The summed E-state index contributed by atoms with van der Waals surface area (Å²) in [4.78, 5) is 40.9. The zero-order valence-corrected chi connectivity index (χ0v) is 22.2.